The molecule has 0 aliphatic heterocycles. The second-order valence-corrected chi connectivity index (χ2v) is 7.53. The Morgan fingerprint density at radius 2 is 1.58 bits per heavy atom. The highest BCUT2D eigenvalue weighted by molar-refractivity contribution is 5.66. The highest BCUT2D eigenvalue weighted by atomic mass is 19.4. The van der Waals surface area contributed by atoms with Gasteiger partial charge in [-0.1, -0.05) is 44.4 Å². The van der Waals surface area contributed by atoms with Crippen molar-refractivity contribution in [2.75, 3.05) is 0 Å². The van der Waals surface area contributed by atoms with Crippen LogP contribution in [-0.4, -0.2) is 0 Å². The average molecular weight is 336 g/mol. The summed E-state index contributed by atoms with van der Waals surface area (Å²) in [4.78, 5) is 0. The van der Waals surface area contributed by atoms with E-state index in [2.05, 4.69) is 13.0 Å². The number of benzene rings is 1. The van der Waals surface area contributed by atoms with E-state index in [4.69, 9.17) is 0 Å². The van der Waals surface area contributed by atoms with Crippen LogP contribution in [-0.2, 0) is 6.18 Å². The maximum absolute atomic E-state index is 12.7. The van der Waals surface area contributed by atoms with Gasteiger partial charge in [0.05, 0.1) is 5.56 Å². The smallest absolute Gasteiger partial charge is 0.166 e. The third kappa shape index (κ3) is 4.04. The van der Waals surface area contributed by atoms with Crippen LogP contribution in [0.1, 0.15) is 69.4 Å². The molecule has 0 bridgehead atoms. The second-order valence-electron chi connectivity index (χ2n) is 7.53. The monoisotopic (exact) mass is 336 g/mol. The fourth-order valence-corrected chi connectivity index (χ4v) is 4.49. The quantitative estimate of drug-likeness (QED) is 0.552. The molecule has 0 radical (unpaired) electrons. The molecule has 0 saturated heterocycles. The molecule has 2 aliphatic carbocycles. The second kappa shape index (κ2) is 7.33. The molecule has 3 rings (SSSR count). The molecule has 132 valence electrons. The fourth-order valence-electron chi connectivity index (χ4n) is 4.49. The maximum Gasteiger partial charge on any atom is 0.416 e. The molecule has 1 aromatic carbocycles. The van der Waals surface area contributed by atoms with Crippen LogP contribution >= 0.6 is 0 Å². The van der Waals surface area contributed by atoms with E-state index in [1.165, 1.54) is 56.2 Å². The summed E-state index contributed by atoms with van der Waals surface area (Å²) in [5.74, 6) is 2.57. The first kappa shape index (κ1) is 17.6. The number of halogens is 3. The maximum atomic E-state index is 12.7. The lowest BCUT2D eigenvalue weighted by molar-refractivity contribution is -0.137. The molecule has 1 fully saturated rings. The number of hydrogen-bond acceptors (Lipinski definition) is 0. The lowest BCUT2D eigenvalue weighted by Crippen LogP contribution is -2.22. The normalized spacial score (nSPS) is 28.5. The number of hydrogen-bond donors (Lipinski definition) is 0. The molecule has 3 heteroatoms. The van der Waals surface area contributed by atoms with E-state index in [9.17, 15) is 13.2 Å². The Balaban J connectivity index is 1.59. The SMILES string of the molecule is CCC1CCC(C2CC=C(c3ccc(C(F)(F)F)cc3)CC2)CC1. The summed E-state index contributed by atoms with van der Waals surface area (Å²) in [6, 6.07) is 5.66. The molecule has 0 amide bonds. The van der Waals surface area contributed by atoms with Gasteiger partial charge in [0.25, 0.3) is 0 Å². The van der Waals surface area contributed by atoms with Gasteiger partial charge in [-0.2, -0.15) is 13.2 Å². The molecular weight excluding hydrogens is 309 g/mol. The van der Waals surface area contributed by atoms with E-state index in [0.717, 1.165) is 36.2 Å². The first-order chi connectivity index (χ1) is 11.5. The minimum atomic E-state index is -4.25. The van der Waals surface area contributed by atoms with Gasteiger partial charge in [-0.25, -0.2) is 0 Å². The third-order valence-electron chi connectivity index (χ3n) is 6.17. The van der Waals surface area contributed by atoms with Crippen molar-refractivity contribution < 1.29 is 13.2 Å². The summed E-state index contributed by atoms with van der Waals surface area (Å²) < 4.78 is 38.0. The van der Waals surface area contributed by atoms with Crippen molar-refractivity contribution in [3.05, 3.63) is 41.5 Å². The van der Waals surface area contributed by atoms with E-state index in [0.29, 0.717) is 0 Å². The van der Waals surface area contributed by atoms with E-state index in [1.54, 1.807) is 12.1 Å². The van der Waals surface area contributed by atoms with Gasteiger partial charge in [0.15, 0.2) is 0 Å². The van der Waals surface area contributed by atoms with Gasteiger partial charge < -0.3 is 0 Å². The lowest BCUT2D eigenvalue weighted by atomic mass is 9.70. The zero-order valence-corrected chi connectivity index (χ0v) is 14.4. The van der Waals surface area contributed by atoms with Gasteiger partial charge in [-0.15, -0.1) is 0 Å². The van der Waals surface area contributed by atoms with E-state index in [-0.39, 0.29) is 0 Å². The first-order valence-electron chi connectivity index (χ1n) is 9.34. The van der Waals surface area contributed by atoms with Crippen LogP contribution in [0, 0.1) is 17.8 Å². The molecule has 1 unspecified atom stereocenters. The van der Waals surface area contributed by atoms with Crippen molar-refractivity contribution in [1.29, 1.82) is 0 Å². The molecule has 1 aromatic rings. The Morgan fingerprint density at radius 3 is 2.08 bits per heavy atom. The first-order valence-corrected chi connectivity index (χ1v) is 9.34. The zero-order chi connectivity index (χ0) is 17.2. The molecule has 0 nitrogen and oxygen atoms in total. The van der Waals surface area contributed by atoms with Crippen LogP contribution in [0.3, 0.4) is 0 Å². The minimum Gasteiger partial charge on any atom is -0.166 e. The van der Waals surface area contributed by atoms with E-state index < -0.39 is 11.7 Å². The minimum absolute atomic E-state index is 0.562. The fraction of sp³-hybridized carbons (Fsp3) is 0.619. The summed E-state index contributed by atoms with van der Waals surface area (Å²) >= 11 is 0. The van der Waals surface area contributed by atoms with Crippen molar-refractivity contribution in [1.82, 2.24) is 0 Å². The summed E-state index contributed by atoms with van der Waals surface area (Å²) in [7, 11) is 0. The largest absolute Gasteiger partial charge is 0.416 e. The molecule has 24 heavy (non-hydrogen) atoms. The topological polar surface area (TPSA) is 0 Å². The molecule has 0 heterocycles. The molecule has 2 aliphatic rings. The summed E-state index contributed by atoms with van der Waals surface area (Å²) in [6.45, 7) is 2.30. The summed E-state index contributed by atoms with van der Waals surface area (Å²) in [6.07, 6.45) is 8.13. The highest BCUT2D eigenvalue weighted by Gasteiger charge is 2.31. The molecule has 1 atom stereocenters. The van der Waals surface area contributed by atoms with Crippen molar-refractivity contribution in [2.45, 2.75) is 64.5 Å². The highest BCUT2D eigenvalue weighted by Crippen LogP contribution is 2.42. The van der Waals surface area contributed by atoms with Crippen molar-refractivity contribution in [2.24, 2.45) is 17.8 Å². The van der Waals surface area contributed by atoms with Crippen LogP contribution in [0.5, 0.6) is 0 Å². The Labute approximate surface area is 143 Å². The Hall–Kier alpha value is -1.25. The molecule has 0 spiro atoms. The van der Waals surface area contributed by atoms with Gasteiger partial charge in [0.1, 0.15) is 0 Å². The standard InChI is InChI=1S/C21H27F3/c1-2-15-3-5-16(6-4-15)17-7-9-18(10-8-17)19-11-13-20(14-12-19)21(22,23)24/h9,11-17H,2-8,10H2,1H3. The van der Waals surface area contributed by atoms with Crippen molar-refractivity contribution in [3.8, 4) is 0 Å². The Morgan fingerprint density at radius 1 is 0.917 bits per heavy atom. The van der Waals surface area contributed by atoms with Crippen LogP contribution in [0.15, 0.2) is 30.3 Å². The van der Waals surface area contributed by atoms with Crippen LogP contribution < -0.4 is 0 Å². The molecule has 0 aromatic heterocycles. The van der Waals surface area contributed by atoms with Crippen LogP contribution in [0.2, 0.25) is 0 Å². The predicted molar refractivity (Wildman–Crippen MR) is 92.5 cm³/mol. The zero-order valence-electron chi connectivity index (χ0n) is 14.4. The average Bonchev–Trinajstić information content (AvgIpc) is 2.61. The Bertz CT molecular complexity index is 560. The van der Waals surface area contributed by atoms with Crippen molar-refractivity contribution >= 4 is 5.57 Å². The Kier molecular flexibility index (Phi) is 5.36. The number of rotatable bonds is 3. The summed E-state index contributed by atoms with van der Waals surface area (Å²) in [5.41, 5.74) is 1.62. The van der Waals surface area contributed by atoms with Gasteiger partial charge in [-0.3, -0.25) is 0 Å². The molecule has 1 saturated carbocycles. The summed E-state index contributed by atoms with van der Waals surface area (Å²) in [5, 5.41) is 0. The van der Waals surface area contributed by atoms with E-state index in [1.807, 2.05) is 0 Å². The van der Waals surface area contributed by atoms with Crippen molar-refractivity contribution in [3.63, 3.8) is 0 Å². The van der Waals surface area contributed by atoms with Gasteiger partial charge in [0, 0.05) is 0 Å². The lowest BCUT2D eigenvalue weighted by Gasteiger charge is -2.35. The third-order valence-corrected chi connectivity index (χ3v) is 6.17. The molecular formula is C21H27F3. The van der Waals surface area contributed by atoms with Crippen LogP contribution in [0.4, 0.5) is 13.2 Å². The van der Waals surface area contributed by atoms with E-state index >= 15 is 0 Å². The van der Waals surface area contributed by atoms with Gasteiger partial charge in [-0.05, 0) is 73.1 Å². The predicted octanol–water partition coefficient (Wildman–Crippen LogP) is 7.11. The van der Waals surface area contributed by atoms with Gasteiger partial charge in [0.2, 0.25) is 0 Å². The van der Waals surface area contributed by atoms with Crippen LogP contribution in [0.25, 0.3) is 5.57 Å². The van der Waals surface area contributed by atoms with Gasteiger partial charge >= 0.3 is 6.18 Å². The molecule has 0 N–H and O–H groups in total. The number of allylic oxidation sites excluding steroid dienone is 2. The number of alkyl halides is 3.